The maximum absolute atomic E-state index is 12.6. The van der Waals surface area contributed by atoms with Crippen LogP contribution in [0.1, 0.15) is 65.2 Å². The first-order chi connectivity index (χ1) is 11.2. The van der Waals surface area contributed by atoms with Crippen molar-refractivity contribution in [3.05, 3.63) is 0 Å². The molecule has 5 nitrogen and oxygen atoms in total. The molecular weight excluding hydrogens is 308 g/mol. The maximum atomic E-state index is 12.6. The fraction of sp³-hybridized carbons (Fsp3) is 0.842. The van der Waals surface area contributed by atoms with Crippen molar-refractivity contribution in [3.8, 4) is 0 Å². The van der Waals surface area contributed by atoms with Gasteiger partial charge >= 0.3 is 11.9 Å². The summed E-state index contributed by atoms with van der Waals surface area (Å²) in [4.78, 5) is 35.3. The van der Waals surface area contributed by atoms with Crippen molar-refractivity contribution in [1.29, 1.82) is 0 Å². The van der Waals surface area contributed by atoms with Gasteiger partial charge in [-0.1, -0.05) is 13.8 Å². The summed E-state index contributed by atoms with van der Waals surface area (Å²) in [5, 5.41) is 18.6. The molecule has 2 N–H and O–H groups in total. The summed E-state index contributed by atoms with van der Waals surface area (Å²) >= 11 is 0. The molecule has 3 aliphatic carbocycles. The molecule has 0 amide bonds. The highest BCUT2D eigenvalue weighted by molar-refractivity contribution is 5.86. The number of carboxylic acids is 2. The summed E-state index contributed by atoms with van der Waals surface area (Å²) in [7, 11) is 0. The fourth-order valence-corrected chi connectivity index (χ4v) is 6.37. The molecule has 3 fully saturated rings. The second kappa shape index (κ2) is 5.85. The van der Waals surface area contributed by atoms with Crippen LogP contribution >= 0.6 is 0 Å². The van der Waals surface area contributed by atoms with Gasteiger partial charge in [-0.25, -0.2) is 0 Å². The van der Waals surface area contributed by atoms with Gasteiger partial charge in [-0.3, -0.25) is 14.4 Å². The summed E-state index contributed by atoms with van der Waals surface area (Å²) in [6, 6.07) is 0. The fourth-order valence-electron chi connectivity index (χ4n) is 6.37. The molecule has 5 heteroatoms. The minimum Gasteiger partial charge on any atom is -0.481 e. The lowest BCUT2D eigenvalue weighted by Crippen LogP contribution is -2.52. The third kappa shape index (κ3) is 2.47. The summed E-state index contributed by atoms with van der Waals surface area (Å²) in [6.45, 7) is 4.09. The van der Waals surface area contributed by atoms with Crippen molar-refractivity contribution in [2.45, 2.75) is 65.2 Å². The monoisotopic (exact) mass is 336 g/mol. The number of hydrogen-bond donors (Lipinski definition) is 2. The first-order valence-corrected chi connectivity index (χ1v) is 9.18. The van der Waals surface area contributed by atoms with E-state index in [1.165, 1.54) is 0 Å². The minimum absolute atomic E-state index is 0.0329. The zero-order valence-electron chi connectivity index (χ0n) is 14.6. The van der Waals surface area contributed by atoms with Crippen LogP contribution < -0.4 is 0 Å². The van der Waals surface area contributed by atoms with E-state index in [2.05, 4.69) is 6.92 Å². The molecular formula is C19H28O5. The van der Waals surface area contributed by atoms with E-state index in [9.17, 15) is 19.5 Å². The Balaban J connectivity index is 1.87. The second-order valence-electron chi connectivity index (χ2n) is 8.66. The van der Waals surface area contributed by atoms with Crippen LogP contribution in [-0.2, 0) is 14.4 Å². The molecule has 0 radical (unpaired) electrons. The van der Waals surface area contributed by atoms with Crippen LogP contribution in [0, 0.1) is 34.5 Å². The smallest absolute Gasteiger partial charge is 0.307 e. The molecule has 24 heavy (non-hydrogen) atoms. The largest absolute Gasteiger partial charge is 0.481 e. The number of carbonyl (C=O) groups excluding carboxylic acids is 1. The van der Waals surface area contributed by atoms with Crippen molar-refractivity contribution in [2.75, 3.05) is 0 Å². The van der Waals surface area contributed by atoms with Gasteiger partial charge in [-0.2, -0.15) is 0 Å². The summed E-state index contributed by atoms with van der Waals surface area (Å²) < 4.78 is 0. The number of rotatable bonds is 4. The van der Waals surface area contributed by atoms with E-state index < -0.39 is 17.4 Å². The molecule has 3 aliphatic rings. The van der Waals surface area contributed by atoms with Gasteiger partial charge in [0.2, 0.25) is 0 Å². The summed E-state index contributed by atoms with van der Waals surface area (Å²) in [6.07, 6.45) is 5.16. The first kappa shape index (κ1) is 17.4. The summed E-state index contributed by atoms with van der Waals surface area (Å²) in [5.74, 6) is -0.659. The van der Waals surface area contributed by atoms with Gasteiger partial charge < -0.3 is 10.2 Å². The van der Waals surface area contributed by atoms with Crippen molar-refractivity contribution >= 4 is 17.7 Å². The Morgan fingerprint density at radius 2 is 1.79 bits per heavy atom. The van der Waals surface area contributed by atoms with Crippen LogP contribution in [0.5, 0.6) is 0 Å². The van der Waals surface area contributed by atoms with Crippen LogP contribution in [0.15, 0.2) is 0 Å². The van der Waals surface area contributed by atoms with Crippen molar-refractivity contribution < 1.29 is 24.6 Å². The molecule has 6 unspecified atom stereocenters. The summed E-state index contributed by atoms with van der Waals surface area (Å²) in [5.41, 5.74) is -0.717. The molecule has 3 rings (SSSR count). The molecule has 0 aromatic heterocycles. The van der Waals surface area contributed by atoms with Crippen LogP contribution in [0.2, 0.25) is 0 Å². The number of hydrogen-bond acceptors (Lipinski definition) is 3. The third-order valence-corrected chi connectivity index (χ3v) is 7.75. The average Bonchev–Trinajstić information content (AvgIpc) is 2.86. The van der Waals surface area contributed by atoms with E-state index in [-0.39, 0.29) is 29.5 Å². The van der Waals surface area contributed by atoms with Crippen molar-refractivity contribution in [2.24, 2.45) is 34.5 Å². The van der Waals surface area contributed by atoms with Gasteiger partial charge in [0, 0.05) is 18.3 Å². The Morgan fingerprint density at radius 3 is 2.42 bits per heavy atom. The number of ketones is 1. The lowest BCUT2D eigenvalue weighted by molar-refractivity contribution is -0.155. The number of Topliss-reactive ketones (excluding diaryl/α,β-unsaturated/α-hetero) is 1. The molecule has 0 aromatic carbocycles. The van der Waals surface area contributed by atoms with E-state index in [0.717, 1.165) is 32.1 Å². The molecule has 134 valence electrons. The predicted octanol–water partition coefficient (Wildman–Crippen LogP) is 3.36. The quantitative estimate of drug-likeness (QED) is 0.821. The van der Waals surface area contributed by atoms with Crippen LogP contribution in [-0.4, -0.2) is 27.9 Å². The van der Waals surface area contributed by atoms with Crippen molar-refractivity contribution in [1.82, 2.24) is 0 Å². The maximum Gasteiger partial charge on any atom is 0.307 e. The van der Waals surface area contributed by atoms with E-state index in [1.54, 1.807) is 0 Å². The Kier molecular flexibility index (Phi) is 4.25. The Bertz CT molecular complexity index is 570. The van der Waals surface area contributed by atoms with Gasteiger partial charge in [0.25, 0.3) is 0 Å². The predicted molar refractivity (Wildman–Crippen MR) is 87.4 cm³/mol. The lowest BCUT2D eigenvalue weighted by atomic mass is 9.48. The van der Waals surface area contributed by atoms with Crippen LogP contribution in [0.3, 0.4) is 0 Å². The van der Waals surface area contributed by atoms with E-state index in [1.807, 2.05) is 6.92 Å². The first-order valence-electron chi connectivity index (χ1n) is 9.18. The topological polar surface area (TPSA) is 91.7 Å². The average molecular weight is 336 g/mol. The Hall–Kier alpha value is -1.39. The SMILES string of the molecule is CC1(CCC(=O)O)C(=O)CCC2C1CCC1(C)C(C(=O)O)CCC21. The highest BCUT2D eigenvalue weighted by atomic mass is 16.4. The molecule has 0 saturated heterocycles. The molecule has 6 atom stereocenters. The van der Waals surface area contributed by atoms with Crippen molar-refractivity contribution in [3.63, 3.8) is 0 Å². The number of fused-ring (bicyclic) bond motifs is 3. The molecule has 0 aliphatic heterocycles. The molecule has 0 spiro atoms. The number of carbonyl (C=O) groups is 3. The van der Waals surface area contributed by atoms with E-state index >= 15 is 0 Å². The van der Waals surface area contributed by atoms with E-state index in [4.69, 9.17) is 5.11 Å². The van der Waals surface area contributed by atoms with Gasteiger partial charge in [-0.15, -0.1) is 0 Å². The molecule has 3 saturated carbocycles. The zero-order chi connectivity index (χ0) is 17.7. The molecule has 0 bridgehead atoms. The van der Waals surface area contributed by atoms with Gasteiger partial charge in [0.15, 0.2) is 0 Å². The van der Waals surface area contributed by atoms with Gasteiger partial charge in [0.05, 0.1) is 5.92 Å². The van der Waals surface area contributed by atoms with Gasteiger partial charge in [0.1, 0.15) is 5.78 Å². The van der Waals surface area contributed by atoms with Crippen LogP contribution in [0.25, 0.3) is 0 Å². The number of carboxylic acid groups (broad SMARTS) is 2. The van der Waals surface area contributed by atoms with Crippen LogP contribution in [0.4, 0.5) is 0 Å². The van der Waals surface area contributed by atoms with E-state index in [0.29, 0.717) is 24.7 Å². The highest BCUT2D eigenvalue weighted by Gasteiger charge is 2.60. The second-order valence-corrected chi connectivity index (χ2v) is 8.66. The van der Waals surface area contributed by atoms with Gasteiger partial charge in [-0.05, 0) is 61.7 Å². The number of aliphatic carboxylic acids is 2. The Labute approximate surface area is 142 Å². The highest BCUT2D eigenvalue weighted by Crippen LogP contribution is 2.64. The Morgan fingerprint density at radius 1 is 1.08 bits per heavy atom. The third-order valence-electron chi connectivity index (χ3n) is 7.75. The molecule has 0 heterocycles. The zero-order valence-corrected chi connectivity index (χ0v) is 14.6. The minimum atomic E-state index is -0.849. The standard InChI is InChI=1S/C19H28O5/c1-18-9-7-13-11(12(18)4-5-14(18)17(23)24)3-6-15(20)19(13,2)10-8-16(21)22/h11-14H,3-10H2,1-2H3,(H,21,22)(H,23,24). The lowest BCUT2D eigenvalue weighted by Gasteiger charge is -2.55. The molecule has 0 aromatic rings. The normalized spacial score (nSPS) is 44.7.